The summed E-state index contributed by atoms with van der Waals surface area (Å²) in [5, 5.41) is 10.6. The van der Waals surface area contributed by atoms with Crippen LogP contribution in [-0.2, 0) is 4.74 Å². The van der Waals surface area contributed by atoms with Crippen molar-refractivity contribution in [1.82, 2.24) is 4.98 Å². The van der Waals surface area contributed by atoms with Gasteiger partial charge >= 0.3 is 11.7 Å². The Kier molecular flexibility index (Phi) is 3.66. The number of alkyl halides is 2. The van der Waals surface area contributed by atoms with Crippen LogP contribution in [0.1, 0.15) is 28.0 Å². The average molecular weight is 246 g/mol. The van der Waals surface area contributed by atoms with Crippen molar-refractivity contribution in [3.63, 3.8) is 0 Å². The summed E-state index contributed by atoms with van der Waals surface area (Å²) in [6.45, 7) is 1.23. The van der Waals surface area contributed by atoms with Gasteiger partial charge in [0.05, 0.1) is 17.6 Å². The van der Waals surface area contributed by atoms with Crippen molar-refractivity contribution in [2.24, 2.45) is 0 Å². The lowest BCUT2D eigenvalue weighted by molar-refractivity contribution is -0.385. The fourth-order valence-corrected chi connectivity index (χ4v) is 1.33. The minimum atomic E-state index is -3.04. The van der Waals surface area contributed by atoms with Crippen LogP contribution in [0.4, 0.5) is 14.5 Å². The summed E-state index contributed by atoms with van der Waals surface area (Å²) >= 11 is 0. The second-order valence-corrected chi connectivity index (χ2v) is 3.07. The van der Waals surface area contributed by atoms with Crippen LogP contribution in [0.2, 0.25) is 0 Å². The molecule has 0 atom stereocenters. The lowest BCUT2D eigenvalue weighted by Crippen LogP contribution is -2.12. The Bertz CT molecular complexity index is 476. The maximum absolute atomic E-state index is 12.8. The number of hydrogen-bond donors (Lipinski definition) is 0. The zero-order valence-electron chi connectivity index (χ0n) is 8.94. The van der Waals surface area contributed by atoms with Gasteiger partial charge in [-0.1, -0.05) is 0 Å². The monoisotopic (exact) mass is 246 g/mol. The number of aromatic nitrogens is 1. The number of esters is 1. The summed E-state index contributed by atoms with van der Waals surface area (Å²) in [4.78, 5) is 24.5. The van der Waals surface area contributed by atoms with Crippen molar-refractivity contribution in [1.29, 1.82) is 0 Å². The molecule has 1 rings (SSSR count). The molecule has 0 aliphatic rings. The molecule has 1 heterocycles. The summed E-state index contributed by atoms with van der Waals surface area (Å²) in [5.41, 5.74) is -2.46. The van der Waals surface area contributed by atoms with Gasteiger partial charge in [-0.25, -0.2) is 13.6 Å². The highest BCUT2D eigenvalue weighted by atomic mass is 19.3. The van der Waals surface area contributed by atoms with Gasteiger partial charge in [-0.15, -0.1) is 0 Å². The minimum absolute atomic E-state index is 0.147. The molecule has 6 nitrogen and oxygen atoms in total. The zero-order valence-corrected chi connectivity index (χ0v) is 8.94. The Labute approximate surface area is 94.4 Å². The first kappa shape index (κ1) is 12.9. The van der Waals surface area contributed by atoms with E-state index in [1.807, 2.05) is 0 Å². The molecular weight excluding hydrogens is 238 g/mol. The first-order chi connectivity index (χ1) is 7.90. The van der Waals surface area contributed by atoms with E-state index in [2.05, 4.69) is 9.72 Å². The third-order valence-corrected chi connectivity index (χ3v) is 2.10. The molecule has 1 aromatic rings. The van der Waals surface area contributed by atoms with Gasteiger partial charge in [-0.3, -0.25) is 15.1 Å². The molecule has 0 aliphatic heterocycles. The molecule has 0 saturated heterocycles. The quantitative estimate of drug-likeness (QED) is 0.463. The van der Waals surface area contributed by atoms with Gasteiger partial charge in [0, 0.05) is 5.69 Å². The van der Waals surface area contributed by atoms with Crippen LogP contribution >= 0.6 is 0 Å². The Morgan fingerprint density at radius 2 is 2.18 bits per heavy atom. The van der Waals surface area contributed by atoms with Crippen molar-refractivity contribution in [3.8, 4) is 0 Å². The van der Waals surface area contributed by atoms with E-state index >= 15 is 0 Å². The molecule has 0 aliphatic carbocycles. The molecule has 8 heteroatoms. The number of halogens is 2. The Morgan fingerprint density at radius 3 is 2.59 bits per heavy atom. The number of hydrogen-bond acceptors (Lipinski definition) is 5. The Balaban J connectivity index is 3.61. The highest BCUT2D eigenvalue weighted by molar-refractivity contribution is 5.95. The molecule has 92 valence electrons. The predicted octanol–water partition coefficient (Wildman–Crippen LogP) is 2.02. The number of ether oxygens (including phenoxy) is 1. The molecule has 1 aromatic heterocycles. The van der Waals surface area contributed by atoms with Crippen molar-refractivity contribution in [2.45, 2.75) is 13.3 Å². The van der Waals surface area contributed by atoms with Crippen LogP contribution in [0.3, 0.4) is 0 Å². The molecule has 0 amide bonds. The van der Waals surface area contributed by atoms with E-state index in [0.29, 0.717) is 0 Å². The topological polar surface area (TPSA) is 82.3 Å². The molecule has 17 heavy (non-hydrogen) atoms. The number of nitrogens with zero attached hydrogens (tertiary/aromatic N) is 2. The summed E-state index contributed by atoms with van der Waals surface area (Å²) in [6, 6.07) is 0. The van der Waals surface area contributed by atoms with E-state index in [-0.39, 0.29) is 5.69 Å². The van der Waals surface area contributed by atoms with Crippen LogP contribution in [0.25, 0.3) is 0 Å². The van der Waals surface area contributed by atoms with Gasteiger partial charge in [0.2, 0.25) is 0 Å². The second kappa shape index (κ2) is 4.81. The maximum Gasteiger partial charge on any atom is 0.345 e. The second-order valence-electron chi connectivity index (χ2n) is 3.07. The Morgan fingerprint density at radius 1 is 1.59 bits per heavy atom. The smallest absolute Gasteiger partial charge is 0.345 e. The summed E-state index contributed by atoms with van der Waals surface area (Å²) in [6.07, 6.45) is -2.29. The number of methoxy groups -OCH3 is 1. The van der Waals surface area contributed by atoms with E-state index in [1.165, 1.54) is 6.92 Å². The molecule has 0 fully saturated rings. The van der Waals surface area contributed by atoms with Crippen LogP contribution in [0.15, 0.2) is 6.20 Å². The zero-order chi connectivity index (χ0) is 13.2. The molecule has 0 saturated carbocycles. The van der Waals surface area contributed by atoms with E-state index in [9.17, 15) is 23.7 Å². The molecular formula is C9H8F2N2O4. The normalized spacial score (nSPS) is 10.4. The van der Waals surface area contributed by atoms with Gasteiger partial charge in [-0.05, 0) is 6.92 Å². The SMILES string of the molecule is COC(=O)c1c([N+](=O)[O-])cnc(C)c1C(F)F. The first-order valence-electron chi connectivity index (χ1n) is 4.40. The van der Waals surface area contributed by atoms with Crippen LogP contribution < -0.4 is 0 Å². The third-order valence-electron chi connectivity index (χ3n) is 2.10. The first-order valence-corrected chi connectivity index (χ1v) is 4.40. The number of rotatable bonds is 3. The van der Waals surface area contributed by atoms with E-state index in [1.54, 1.807) is 0 Å². The van der Waals surface area contributed by atoms with Crippen molar-refractivity contribution in [3.05, 3.63) is 33.1 Å². The third kappa shape index (κ3) is 2.35. The highest BCUT2D eigenvalue weighted by Crippen LogP contribution is 2.31. The van der Waals surface area contributed by atoms with Crippen LogP contribution in [-0.4, -0.2) is 23.0 Å². The number of nitro groups is 1. The lowest BCUT2D eigenvalue weighted by Gasteiger charge is -2.09. The molecule has 0 spiro atoms. The molecule has 0 N–H and O–H groups in total. The maximum atomic E-state index is 12.8. The largest absolute Gasteiger partial charge is 0.465 e. The number of aryl methyl sites for hydroxylation is 1. The Hall–Kier alpha value is -2.12. The lowest BCUT2D eigenvalue weighted by atomic mass is 10.1. The molecule has 0 aromatic carbocycles. The van der Waals surface area contributed by atoms with E-state index in [0.717, 1.165) is 13.3 Å². The number of pyridine rings is 1. The number of carbonyl (C=O) groups excluding carboxylic acids is 1. The average Bonchev–Trinajstić information content (AvgIpc) is 2.26. The highest BCUT2D eigenvalue weighted by Gasteiger charge is 2.31. The van der Waals surface area contributed by atoms with Gasteiger partial charge in [-0.2, -0.15) is 0 Å². The van der Waals surface area contributed by atoms with E-state index in [4.69, 9.17) is 0 Å². The summed E-state index contributed by atoms with van der Waals surface area (Å²) in [7, 11) is 0.955. The standard InChI is InChI=1S/C9H8F2N2O4/c1-4-6(8(10)11)7(9(14)17-2)5(3-12-4)13(15)16/h3,8H,1-2H3. The van der Waals surface area contributed by atoms with Crippen LogP contribution in [0.5, 0.6) is 0 Å². The van der Waals surface area contributed by atoms with Gasteiger partial charge in [0.15, 0.2) is 0 Å². The van der Waals surface area contributed by atoms with Gasteiger partial charge < -0.3 is 4.74 Å². The van der Waals surface area contributed by atoms with Crippen molar-refractivity contribution in [2.75, 3.05) is 7.11 Å². The summed E-state index contributed by atoms with van der Waals surface area (Å²) < 4.78 is 29.8. The van der Waals surface area contributed by atoms with Crippen LogP contribution in [0, 0.1) is 17.0 Å². The molecule has 0 radical (unpaired) electrons. The van der Waals surface area contributed by atoms with Crippen molar-refractivity contribution >= 4 is 11.7 Å². The van der Waals surface area contributed by atoms with Gasteiger partial charge in [0.1, 0.15) is 11.8 Å². The predicted molar refractivity (Wildman–Crippen MR) is 51.9 cm³/mol. The van der Waals surface area contributed by atoms with Crippen molar-refractivity contribution < 1.29 is 23.2 Å². The minimum Gasteiger partial charge on any atom is -0.465 e. The number of carbonyl (C=O) groups is 1. The fraction of sp³-hybridized carbons (Fsp3) is 0.333. The molecule has 0 bridgehead atoms. The van der Waals surface area contributed by atoms with Gasteiger partial charge in [0.25, 0.3) is 6.43 Å². The summed E-state index contributed by atoms with van der Waals surface area (Å²) in [5.74, 6) is -1.18. The van der Waals surface area contributed by atoms with E-state index < -0.39 is 34.1 Å². The fourth-order valence-electron chi connectivity index (χ4n) is 1.33. The molecule has 0 unspecified atom stereocenters.